The van der Waals surface area contributed by atoms with Crippen molar-refractivity contribution in [3.05, 3.63) is 58.1 Å². The predicted molar refractivity (Wildman–Crippen MR) is 86.2 cm³/mol. The molecule has 0 heterocycles. The Hall–Kier alpha value is -1.36. The fourth-order valence-electron chi connectivity index (χ4n) is 1.59. The first-order valence-corrected chi connectivity index (χ1v) is 7.47. The molecule has 0 aromatic heterocycles. The lowest BCUT2D eigenvalue weighted by Crippen LogP contribution is -2.04. The Balaban J connectivity index is 2.22. The van der Waals surface area contributed by atoms with Crippen LogP contribution in [0.3, 0.4) is 0 Å². The molecule has 0 unspecified atom stereocenters. The van der Waals surface area contributed by atoms with Crippen LogP contribution in [0.15, 0.2) is 42.5 Å². The number of rotatable bonds is 4. The molecule has 0 saturated heterocycles. The van der Waals surface area contributed by atoms with Gasteiger partial charge in [0.1, 0.15) is 11.5 Å². The van der Waals surface area contributed by atoms with E-state index in [1.807, 2.05) is 24.3 Å². The van der Waals surface area contributed by atoms with E-state index in [1.54, 1.807) is 18.2 Å². The van der Waals surface area contributed by atoms with Gasteiger partial charge in [0.25, 0.3) is 0 Å². The second-order valence-corrected chi connectivity index (χ2v) is 5.86. The molecule has 20 heavy (non-hydrogen) atoms. The lowest BCUT2D eigenvalue weighted by atomic mass is 10.2. The summed E-state index contributed by atoms with van der Waals surface area (Å²) in [4.78, 5) is 0. The summed E-state index contributed by atoms with van der Waals surface area (Å²) in [5.74, 6) is 1.84. The SMILES string of the molecule is N=C(N)SCc1ccccc1Oc1cc(Cl)cc(Cl)c1. The summed E-state index contributed by atoms with van der Waals surface area (Å²) in [6.45, 7) is 0. The normalized spacial score (nSPS) is 10.3. The summed E-state index contributed by atoms with van der Waals surface area (Å²) in [6.07, 6.45) is 0. The lowest BCUT2D eigenvalue weighted by molar-refractivity contribution is 0.478. The fraction of sp³-hybridized carbons (Fsp3) is 0.0714. The number of nitrogens with two attached hydrogens (primary N) is 1. The van der Waals surface area contributed by atoms with Crippen LogP contribution in [0.2, 0.25) is 10.0 Å². The van der Waals surface area contributed by atoms with E-state index in [9.17, 15) is 0 Å². The Labute approximate surface area is 131 Å². The molecule has 3 N–H and O–H groups in total. The average molecular weight is 327 g/mol. The molecule has 104 valence electrons. The highest BCUT2D eigenvalue weighted by atomic mass is 35.5. The summed E-state index contributed by atoms with van der Waals surface area (Å²) >= 11 is 13.1. The molecule has 3 nitrogen and oxygen atoms in total. The molecule has 0 radical (unpaired) electrons. The van der Waals surface area contributed by atoms with E-state index in [2.05, 4.69) is 0 Å². The summed E-state index contributed by atoms with van der Waals surface area (Å²) in [5, 5.41) is 8.36. The van der Waals surface area contributed by atoms with Crippen LogP contribution in [0.5, 0.6) is 11.5 Å². The highest BCUT2D eigenvalue weighted by molar-refractivity contribution is 8.13. The van der Waals surface area contributed by atoms with Gasteiger partial charge in [0.15, 0.2) is 5.17 Å². The molecule has 0 bridgehead atoms. The molecule has 0 aliphatic heterocycles. The zero-order chi connectivity index (χ0) is 14.5. The number of ether oxygens (including phenoxy) is 1. The van der Waals surface area contributed by atoms with Crippen molar-refractivity contribution in [3.63, 3.8) is 0 Å². The van der Waals surface area contributed by atoms with Gasteiger partial charge < -0.3 is 10.5 Å². The number of benzene rings is 2. The highest BCUT2D eigenvalue weighted by Crippen LogP contribution is 2.31. The van der Waals surface area contributed by atoms with E-state index < -0.39 is 0 Å². The van der Waals surface area contributed by atoms with Gasteiger partial charge in [-0.1, -0.05) is 53.2 Å². The third-order valence-electron chi connectivity index (χ3n) is 2.42. The van der Waals surface area contributed by atoms with E-state index in [-0.39, 0.29) is 5.17 Å². The number of amidine groups is 1. The van der Waals surface area contributed by atoms with Gasteiger partial charge >= 0.3 is 0 Å². The second-order valence-electron chi connectivity index (χ2n) is 3.97. The number of halogens is 2. The standard InChI is InChI=1S/C14H12Cl2N2OS/c15-10-5-11(16)7-12(6-10)19-13-4-2-1-3-9(13)8-20-14(17)18/h1-7H,8H2,(H3,17,18). The Morgan fingerprint density at radius 3 is 2.45 bits per heavy atom. The zero-order valence-corrected chi connectivity index (χ0v) is 12.7. The first kappa shape index (κ1) is 15.0. The lowest BCUT2D eigenvalue weighted by Gasteiger charge is -2.11. The van der Waals surface area contributed by atoms with Gasteiger partial charge in [0.2, 0.25) is 0 Å². The van der Waals surface area contributed by atoms with Gasteiger partial charge in [-0.05, 0) is 24.3 Å². The number of thioether (sulfide) groups is 1. The highest BCUT2D eigenvalue weighted by Gasteiger charge is 2.07. The van der Waals surface area contributed by atoms with Crippen molar-refractivity contribution in [2.24, 2.45) is 5.73 Å². The van der Waals surface area contributed by atoms with E-state index in [4.69, 9.17) is 39.1 Å². The van der Waals surface area contributed by atoms with E-state index >= 15 is 0 Å². The van der Waals surface area contributed by atoms with Crippen molar-refractivity contribution in [3.8, 4) is 11.5 Å². The van der Waals surface area contributed by atoms with E-state index in [1.165, 1.54) is 11.8 Å². The second kappa shape index (κ2) is 6.88. The molecular formula is C14H12Cl2N2OS. The van der Waals surface area contributed by atoms with Crippen LogP contribution in [0.1, 0.15) is 5.56 Å². The predicted octanol–water partition coefficient (Wildman–Crippen LogP) is 4.91. The van der Waals surface area contributed by atoms with Gasteiger partial charge in [0.05, 0.1) is 0 Å². The van der Waals surface area contributed by atoms with Crippen molar-refractivity contribution in [1.29, 1.82) is 5.41 Å². The maximum atomic E-state index is 7.26. The average Bonchev–Trinajstić information content (AvgIpc) is 2.36. The maximum Gasteiger partial charge on any atom is 0.151 e. The van der Waals surface area contributed by atoms with Gasteiger partial charge in [-0.2, -0.15) is 0 Å². The molecule has 0 spiro atoms. The van der Waals surface area contributed by atoms with Crippen LogP contribution in [0.25, 0.3) is 0 Å². The number of hydrogen-bond acceptors (Lipinski definition) is 3. The van der Waals surface area contributed by atoms with Crippen LogP contribution >= 0.6 is 35.0 Å². The number of hydrogen-bond donors (Lipinski definition) is 2. The van der Waals surface area contributed by atoms with Gasteiger partial charge in [-0.25, -0.2) is 0 Å². The molecule has 0 fully saturated rings. The van der Waals surface area contributed by atoms with Crippen molar-refractivity contribution in [2.75, 3.05) is 0 Å². The van der Waals surface area contributed by atoms with Crippen molar-refractivity contribution >= 4 is 40.1 Å². The minimum absolute atomic E-state index is 0.0746. The Kier molecular flexibility index (Phi) is 5.17. The third kappa shape index (κ3) is 4.34. The monoisotopic (exact) mass is 326 g/mol. The first-order chi connectivity index (χ1) is 9.54. The summed E-state index contributed by atoms with van der Waals surface area (Å²) in [6, 6.07) is 12.6. The quantitative estimate of drug-likeness (QED) is 0.619. The molecule has 0 aliphatic rings. The third-order valence-corrected chi connectivity index (χ3v) is 3.62. The van der Waals surface area contributed by atoms with Crippen LogP contribution in [0.4, 0.5) is 0 Å². The molecule has 2 aromatic rings. The van der Waals surface area contributed by atoms with E-state index in [0.29, 0.717) is 27.3 Å². The molecule has 0 aliphatic carbocycles. The molecule has 0 atom stereocenters. The zero-order valence-electron chi connectivity index (χ0n) is 10.4. The van der Waals surface area contributed by atoms with Gasteiger partial charge in [-0.3, -0.25) is 5.41 Å². The van der Waals surface area contributed by atoms with E-state index in [0.717, 1.165) is 5.56 Å². The largest absolute Gasteiger partial charge is 0.457 e. The minimum atomic E-state index is 0.0746. The summed E-state index contributed by atoms with van der Waals surface area (Å²) < 4.78 is 5.81. The molecule has 2 rings (SSSR count). The Morgan fingerprint density at radius 1 is 1.15 bits per heavy atom. The number of nitrogens with one attached hydrogen (secondary N) is 1. The molecule has 0 saturated carbocycles. The number of para-hydroxylation sites is 1. The molecule has 6 heteroatoms. The molecular weight excluding hydrogens is 315 g/mol. The van der Waals surface area contributed by atoms with Crippen LogP contribution in [-0.4, -0.2) is 5.17 Å². The van der Waals surface area contributed by atoms with Crippen molar-refractivity contribution in [2.45, 2.75) is 5.75 Å². The van der Waals surface area contributed by atoms with Gasteiger partial charge in [-0.15, -0.1) is 0 Å². The molecule has 0 amide bonds. The first-order valence-electron chi connectivity index (χ1n) is 5.73. The van der Waals surface area contributed by atoms with Crippen LogP contribution in [0, 0.1) is 5.41 Å². The fourth-order valence-corrected chi connectivity index (χ4v) is 2.65. The van der Waals surface area contributed by atoms with Crippen molar-refractivity contribution in [1.82, 2.24) is 0 Å². The Bertz CT molecular complexity index is 614. The topological polar surface area (TPSA) is 59.1 Å². The van der Waals surface area contributed by atoms with Gasteiger partial charge in [0, 0.05) is 21.4 Å². The minimum Gasteiger partial charge on any atom is -0.457 e. The Morgan fingerprint density at radius 2 is 1.80 bits per heavy atom. The van der Waals surface area contributed by atoms with Crippen molar-refractivity contribution < 1.29 is 4.74 Å². The molecule has 2 aromatic carbocycles. The van der Waals surface area contributed by atoms with Crippen LogP contribution < -0.4 is 10.5 Å². The maximum absolute atomic E-state index is 7.26. The smallest absolute Gasteiger partial charge is 0.151 e. The van der Waals surface area contributed by atoms with Crippen LogP contribution in [-0.2, 0) is 5.75 Å². The summed E-state index contributed by atoms with van der Waals surface area (Å²) in [5.41, 5.74) is 6.30. The summed E-state index contributed by atoms with van der Waals surface area (Å²) in [7, 11) is 0.